The highest BCUT2D eigenvalue weighted by molar-refractivity contribution is 9.10. The average molecular weight is 303 g/mol. The summed E-state index contributed by atoms with van der Waals surface area (Å²) in [5.74, 6) is -0.331. The monoisotopic (exact) mass is 302 g/mol. The smallest absolute Gasteiger partial charge is 0.318 e. The van der Waals surface area contributed by atoms with Crippen molar-refractivity contribution in [3.05, 3.63) is 20.8 Å². The van der Waals surface area contributed by atoms with Crippen molar-refractivity contribution in [2.24, 2.45) is 5.92 Å². The Bertz CT molecular complexity index is 432. The first-order chi connectivity index (χ1) is 7.58. The molecule has 16 heavy (non-hydrogen) atoms. The van der Waals surface area contributed by atoms with Gasteiger partial charge in [-0.1, -0.05) is 6.92 Å². The number of hydrogen-bond donors (Lipinski definition) is 1. The average Bonchev–Trinajstić information content (AvgIpc) is 2.61. The lowest BCUT2D eigenvalue weighted by Gasteiger charge is -2.30. The minimum Gasteiger partial charge on any atom is -0.318 e. The molecule has 1 aromatic heterocycles. The minimum absolute atomic E-state index is 0.142. The number of hydrogen-bond acceptors (Lipinski definition) is 3. The molecular weight excluding hydrogens is 292 g/mol. The number of halogens is 1. The van der Waals surface area contributed by atoms with E-state index >= 15 is 0 Å². The second-order valence-corrected chi connectivity index (χ2v) is 5.62. The van der Waals surface area contributed by atoms with Gasteiger partial charge in [0.05, 0.1) is 12.5 Å². The molecule has 1 aliphatic rings. The molecule has 1 N–H and O–H groups in total. The maximum absolute atomic E-state index is 11.6. The Balaban J connectivity index is 2.08. The van der Waals surface area contributed by atoms with E-state index in [-0.39, 0.29) is 17.9 Å². The number of carbonyl (C=O) groups excluding carboxylic acids is 2. The van der Waals surface area contributed by atoms with Crippen molar-refractivity contribution in [2.75, 3.05) is 6.54 Å². The van der Waals surface area contributed by atoms with E-state index in [9.17, 15) is 9.59 Å². The van der Waals surface area contributed by atoms with Gasteiger partial charge in [-0.25, -0.2) is 4.79 Å². The topological polar surface area (TPSA) is 49.4 Å². The Hall–Kier alpha value is -0.880. The summed E-state index contributed by atoms with van der Waals surface area (Å²) < 4.78 is 1.01. The van der Waals surface area contributed by atoms with Crippen LogP contribution in [0.1, 0.15) is 11.8 Å². The van der Waals surface area contributed by atoms with Crippen molar-refractivity contribution in [2.45, 2.75) is 13.5 Å². The fourth-order valence-electron chi connectivity index (χ4n) is 1.55. The second kappa shape index (κ2) is 4.55. The highest BCUT2D eigenvalue weighted by Crippen LogP contribution is 2.25. The normalized spacial score (nSPS) is 21.1. The van der Waals surface area contributed by atoms with Gasteiger partial charge in [-0.3, -0.25) is 10.1 Å². The lowest BCUT2D eigenvalue weighted by atomic mass is 10.1. The third kappa shape index (κ3) is 2.27. The first-order valence-electron chi connectivity index (χ1n) is 4.89. The number of thiophene rings is 1. The van der Waals surface area contributed by atoms with E-state index in [1.165, 1.54) is 0 Å². The summed E-state index contributed by atoms with van der Waals surface area (Å²) in [4.78, 5) is 25.6. The van der Waals surface area contributed by atoms with Gasteiger partial charge in [0.15, 0.2) is 0 Å². The summed E-state index contributed by atoms with van der Waals surface area (Å²) in [6, 6.07) is 1.65. The van der Waals surface area contributed by atoms with Crippen LogP contribution in [0.3, 0.4) is 0 Å². The van der Waals surface area contributed by atoms with Gasteiger partial charge in [-0.2, -0.15) is 0 Å². The lowest BCUT2D eigenvalue weighted by molar-refractivity contribution is -0.125. The highest BCUT2D eigenvalue weighted by Gasteiger charge is 2.29. The summed E-state index contributed by atoms with van der Waals surface area (Å²) >= 11 is 5.02. The maximum atomic E-state index is 11.6. The molecule has 3 amide bonds. The number of nitrogens with zero attached hydrogens (tertiary/aromatic N) is 1. The van der Waals surface area contributed by atoms with E-state index in [2.05, 4.69) is 21.2 Å². The minimum atomic E-state index is -0.302. The zero-order valence-electron chi connectivity index (χ0n) is 8.70. The predicted molar refractivity (Wildman–Crippen MR) is 65.1 cm³/mol. The summed E-state index contributed by atoms with van der Waals surface area (Å²) in [6.07, 6.45) is 0. The van der Waals surface area contributed by atoms with Crippen molar-refractivity contribution in [1.82, 2.24) is 10.2 Å². The van der Waals surface area contributed by atoms with Crippen LogP contribution in [0.4, 0.5) is 4.79 Å². The highest BCUT2D eigenvalue weighted by atomic mass is 79.9. The van der Waals surface area contributed by atoms with E-state index in [0.717, 1.165) is 9.35 Å². The van der Waals surface area contributed by atoms with Gasteiger partial charge in [0.25, 0.3) is 0 Å². The molecule has 1 fully saturated rings. The quantitative estimate of drug-likeness (QED) is 0.910. The first kappa shape index (κ1) is 11.6. The predicted octanol–water partition coefficient (Wildman–Crippen LogP) is 2.20. The lowest BCUT2D eigenvalue weighted by Crippen LogP contribution is -2.53. The third-order valence-corrected chi connectivity index (χ3v) is 4.40. The van der Waals surface area contributed by atoms with Gasteiger partial charge in [0, 0.05) is 15.9 Å². The van der Waals surface area contributed by atoms with Crippen LogP contribution in [0.25, 0.3) is 0 Å². The Morgan fingerprint density at radius 1 is 1.62 bits per heavy atom. The van der Waals surface area contributed by atoms with Crippen molar-refractivity contribution in [3.63, 3.8) is 0 Å². The van der Waals surface area contributed by atoms with E-state index < -0.39 is 0 Å². The molecule has 1 aromatic rings. The summed E-state index contributed by atoms with van der Waals surface area (Å²) in [5, 5.41) is 4.32. The SMILES string of the molecule is CC1CN(Cc2sccc2Br)C(=O)NC1=O. The van der Waals surface area contributed by atoms with Crippen LogP contribution in [0.15, 0.2) is 15.9 Å². The van der Waals surface area contributed by atoms with Gasteiger partial charge in [-0.15, -0.1) is 11.3 Å². The maximum Gasteiger partial charge on any atom is 0.324 e. The largest absolute Gasteiger partial charge is 0.324 e. The number of imide groups is 1. The molecule has 0 aliphatic carbocycles. The Labute approximate surface area is 106 Å². The van der Waals surface area contributed by atoms with Crippen LogP contribution in [-0.2, 0) is 11.3 Å². The number of urea groups is 1. The summed E-state index contributed by atoms with van der Waals surface area (Å²) in [5.41, 5.74) is 0. The van der Waals surface area contributed by atoms with Crippen LogP contribution < -0.4 is 5.32 Å². The van der Waals surface area contributed by atoms with E-state index in [1.807, 2.05) is 18.4 Å². The molecule has 6 heteroatoms. The fourth-order valence-corrected chi connectivity index (χ4v) is 3.04. The van der Waals surface area contributed by atoms with Crippen LogP contribution in [0, 0.1) is 5.92 Å². The van der Waals surface area contributed by atoms with Crippen LogP contribution in [0.2, 0.25) is 0 Å². The molecule has 86 valence electrons. The van der Waals surface area contributed by atoms with E-state index in [1.54, 1.807) is 16.2 Å². The molecule has 0 spiro atoms. The molecule has 0 radical (unpaired) electrons. The van der Waals surface area contributed by atoms with Crippen LogP contribution >= 0.6 is 27.3 Å². The molecule has 2 rings (SSSR count). The summed E-state index contributed by atoms with van der Waals surface area (Å²) in [6.45, 7) is 2.84. The van der Waals surface area contributed by atoms with Crippen molar-refractivity contribution in [1.29, 1.82) is 0 Å². The van der Waals surface area contributed by atoms with Crippen LogP contribution in [0.5, 0.6) is 0 Å². The van der Waals surface area contributed by atoms with E-state index in [0.29, 0.717) is 13.1 Å². The molecule has 0 aromatic carbocycles. The first-order valence-corrected chi connectivity index (χ1v) is 6.57. The third-order valence-electron chi connectivity index (χ3n) is 2.48. The van der Waals surface area contributed by atoms with Gasteiger partial charge in [0.2, 0.25) is 5.91 Å². The standard InChI is InChI=1S/C10H11BrN2O2S/c1-6-4-13(10(15)12-9(6)14)5-8-7(11)2-3-16-8/h2-3,6H,4-5H2,1H3,(H,12,14,15). The molecular formula is C10H11BrN2O2S. The van der Waals surface area contributed by atoms with Crippen molar-refractivity contribution in [3.8, 4) is 0 Å². The van der Waals surface area contributed by atoms with Gasteiger partial charge < -0.3 is 4.90 Å². The van der Waals surface area contributed by atoms with E-state index in [4.69, 9.17) is 0 Å². The Morgan fingerprint density at radius 2 is 2.38 bits per heavy atom. The van der Waals surface area contributed by atoms with Crippen molar-refractivity contribution >= 4 is 39.2 Å². The Kier molecular flexibility index (Phi) is 3.30. The number of nitrogens with one attached hydrogen (secondary N) is 1. The number of carbonyl (C=O) groups is 2. The fraction of sp³-hybridized carbons (Fsp3) is 0.400. The zero-order chi connectivity index (χ0) is 11.7. The number of rotatable bonds is 2. The van der Waals surface area contributed by atoms with Gasteiger partial charge >= 0.3 is 6.03 Å². The zero-order valence-corrected chi connectivity index (χ0v) is 11.1. The molecule has 4 nitrogen and oxygen atoms in total. The molecule has 1 atom stereocenters. The molecule has 1 saturated heterocycles. The van der Waals surface area contributed by atoms with Crippen molar-refractivity contribution < 1.29 is 9.59 Å². The molecule has 2 heterocycles. The van der Waals surface area contributed by atoms with Crippen LogP contribution in [-0.4, -0.2) is 23.4 Å². The molecule has 1 aliphatic heterocycles. The molecule has 1 unspecified atom stereocenters. The Morgan fingerprint density at radius 3 is 3.00 bits per heavy atom. The van der Waals surface area contributed by atoms with Gasteiger partial charge in [0.1, 0.15) is 0 Å². The molecule has 0 saturated carbocycles. The number of amides is 3. The molecule has 0 bridgehead atoms. The second-order valence-electron chi connectivity index (χ2n) is 3.77. The summed E-state index contributed by atoms with van der Waals surface area (Å²) in [7, 11) is 0. The van der Waals surface area contributed by atoms with Gasteiger partial charge in [-0.05, 0) is 27.4 Å².